The minimum Gasteiger partial charge on any atom is -0.489 e. The Kier molecular flexibility index (Phi) is 5.55. The fourth-order valence-electron chi connectivity index (χ4n) is 4.38. The van der Waals surface area contributed by atoms with E-state index in [1.807, 2.05) is 27.0 Å². The van der Waals surface area contributed by atoms with Crippen molar-refractivity contribution in [2.45, 2.75) is 52.7 Å². The van der Waals surface area contributed by atoms with Crippen molar-refractivity contribution < 1.29 is 14.3 Å². The maximum Gasteiger partial charge on any atom is 0.309 e. The maximum atomic E-state index is 12.3. The van der Waals surface area contributed by atoms with Crippen LogP contribution in [0.25, 0.3) is 10.2 Å². The van der Waals surface area contributed by atoms with Crippen molar-refractivity contribution in [2.24, 2.45) is 10.9 Å². The molecule has 1 aromatic carbocycles. The van der Waals surface area contributed by atoms with E-state index >= 15 is 0 Å². The molecule has 8 heteroatoms. The second-order valence-electron chi connectivity index (χ2n) is 8.41. The number of hydrogen-bond donors (Lipinski definition) is 1. The van der Waals surface area contributed by atoms with Crippen LogP contribution in [0.5, 0.6) is 5.75 Å². The summed E-state index contributed by atoms with van der Waals surface area (Å²) in [6.45, 7) is 6.99. The lowest BCUT2D eigenvalue weighted by molar-refractivity contribution is -0.148. The van der Waals surface area contributed by atoms with Crippen molar-refractivity contribution >= 4 is 45.2 Å². The Bertz CT molecular complexity index is 1220. The van der Waals surface area contributed by atoms with E-state index in [9.17, 15) is 4.79 Å². The summed E-state index contributed by atoms with van der Waals surface area (Å²) in [5.74, 6) is 1.38. The van der Waals surface area contributed by atoms with Crippen molar-refractivity contribution in [3.63, 3.8) is 0 Å². The van der Waals surface area contributed by atoms with Gasteiger partial charge in [0.2, 0.25) is 0 Å². The fraction of sp³-hybridized carbons (Fsp3) is 0.417. The number of aryl methyl sites for hydroxylation is 1. The molecule has 1 N–H and O–H groups in total. The summed E-state index contributed by atoms with van der Waals surface area (Å²) in [6.07, 6.45) is 5.83. The molecule has 3 heterocycles. The lowest BCUT2D eigenvalue weighted by Crippen LogP contribution is -2.23. The van der Waals surface area contributed by atoms with Crippen LogP contribution in [0.4, 0.5) is 11.5 Å². The number of ether oxygens (including phenoxy) is 2. The first-order valence-electron chi connectivity index (χ1n) is 11.1. The monoisotopic (exact) mass is 450 g/mol. The van der Waals surface area contributed by atoms with Crippen molar-refractivity contribution in [3.05, 3.63) is 40.0 Å². The molecule has 2 aliphatic rings. The Morgan fingerprint density at radius 1 is 1.31 bits per heavy atom. The first kappa shape index (κ1) is 20.9. The maximum absolute atomic E-state index is 12.3. The van der Waals surface area contributed by atoms with E-state index in [1.54, 1.807) is 17.7 Å². The summed E-state index contributed by atoms with van der Waals surface area (Å²) in [5, 5.41) is 4.56. The summed E-state index contributed by atoms with van der Waals surface area (Å²) >= 11 is 1.65. The van der Waals surface area contributed by atoms with Gasteiger partial charge in [0, 0.05) is 11.1 Å². The Morgan fingerprint density at radius 2 is 2.19 bits per heavy atom. The average Bonchev–Trinajstić information content (AvgIpc) is 3.37. The quantitative estimate of drug-likeness (QED) is 0.542. The van der Waals surface area contributed by atoms with Crippen LogP contribution < -0.4 is 10.1 Å². The summed E-state index contributed by atoms with van der Waals surface area (Å²) in [5.41, 5.74) is 4.36. The van der Waals surface area contributed by atoms with E-state index in [2.05, 4.69) is 32.4 Å². The normalized spacial score (nSPS) is 16.8. The van der Waals surface area contributed by atoms with E-state index in [4.69, 9.17) is 9.47 Å². The van der Waals surface area contributed by atoms with Gasteiger partial charge in [0.25, 0.3) is 0 Å². The topological polar surface area (TPSA) is 85.7 Å². The number of anilines is 2. The number of carbonyl (C=O) groups is 1. The predicted molar refractivity (Wildman–Crippen MR) is 126 cm³/mol. The van der Waals surface area contributed by atoms with Gasteiger partial charge in [-0.2, -0.15) is 0 Å². The largest absolute Gasteiger partial charge is 0.489 e. The van der Waals surface area contributed by atoms with Gasteiger partial charge in [-0.05, 0) is 68.9 Å². The summed E-state index contributed by atoms with van der Waals surface area (Å²) in [7, 11) is 0. The highest BCUT2D eigenvalue weighted by Gasteiger charge is 2.30. The van der Waals surface area contributed by atoms with Gasteiger partial charge in [0.1, 0.15) is 22.7 Å². The Morgan fingerprint density at radius 3 is 3.00 bits per heavy atom. The van der Waals surface area contributed by atoms with E-state index in [-0.39, 0.29) is 18.0 Å². The fourth-order valence-corrected chi connectivity index (χ4v) is 5.65. The van der Waals surface area contributed by atoms with Crippen molar-refractivity contribution in [2.75, 3.05) is 11.9 Å². The molecule has 1 aliphatic heterocycles. The van der Waals surface area contributed by atoms with Gasteiger partial charge in [-0.3, -0.25) is 9.79 Å². The second kappa shape index (κ2) is 8.50. The molecule has 2 aromatic heterocycles. The van der Waals surface area contributed by atoms with E-state index in [1.165, 1.54) is 10.4 Å². The molecule has 32 heavy (non-hydrogen) atoms. The molecule has 0 unspecified atom stereocenters. The lowest BCUT2D eigenvalue weighted by atomic mass is 9.88. The van der Waals surface area contributed by atoms with Crippen LogP contribution in [-0.2, 0) is 28.9 Å². The van der Waals surface area contributed by atoms with Crippen molar-refractivity contribution in [1.29, 1.82) is 0 Å². The van der Waals surface area contributed by atoms with Crippen LogP contribution in [0.3, 0.4) is 0 Å². The average molecular weight is 451 g/mol. The van der Waals surface area contributed by atoms with Gasteiger partial charge in [-0.15, -0.1) is 11.3 Å². The van der Waals surface area contributed by atoms with Gasteiger partial charge >= 0.3 is 5.97 Å². The molecule has 0 radical (unpaired) electrons. The zero-order valence-electron chi connectivity index (χ0n) is 18.5. The van der Waals surface area contributed by atoms with Gasteiger partial charge in [0.15, 0.2) is 0 Å². The number of aliphatic imine (C=N–C) groups is 1. The van der Waals surface area contributed by atoms with Crippen LogP contribution in [0.2, 0.25) is 0 Å². The summed E-state index contributed by atoms with van der Waals surface area (Å²) in [6, 6.07) is 4.14. The van der Waals surface area contributed by atoms with Crippen LogP contribution in [0.15, 0.2) is 23.5 Å². The molecule has 3 aromatic rings. The number of rotatable bonds is 6. The number of carbonyl (C=O) groups excluding carboxylic acids is 1. The molecule has 0 saturated heterocycles. The molecule has 0 spiro atoms. The van der Waals surface area contributed by atoms with Crippen molar-refractivity contribution in [3.8, 4) is 5.75 Å². The third-order valence-corrected chi connectivity index (χ3v) is 6.98. The van der Waals surface area contributed by atoms with E-state index in [0.29, 0.717) is 19.6 Å². The number of fused-ring (bicyclic) bond motifs is 4. The van der Waals surface area contributed by atoms with Crippen LogP contribution in [0, 0.1) is 5.92 Å². The molecule has 7 nitrogen and oxygen atoms in total. The SMILES string of the molecule is CCOC(=O)[C@H]1CCc2c(sc3ncnc(Nc4cc5c(cc4OC(C)C)CN=C5)c23)C1. The number of aromatic nitrogens is 2. The lowest BCUT2D eigenvalue weighted by Gasteiger charge is -2.21. The van der Waals surface area contributed by atoms with Gasteiger partial charge in [-0.25, -0.2) is 9.97 Å². The minimum absolute atomic E-state index is 0.0510. The van der Waals surface area contributed by atoms with Gasteiger partial charge in [0.05, 0.1) is 36.2 Å². The Balaban J connectivity index is 1.52. The zero-order chi connectivity index (χ0) is 22.2. The first-order valence-corrected chi connectivity index (χ1v) is 11.9. The van der Waals surface area contributed by atoms with Crippen molar-refractivity contribution in [1.82, 2.24) is 9.97 Å². The number of hydrogen-bond acceptors (Lipinski definition) is 8. The smallest absolute Gasteiger partial charge is 0.309 e. The molecule has 1 atom stereocenters. The number of nitrogens with one attached hydrogen (secondary N) is 1. The third kappa shape index (κ3) is 3.83. The number of esters is 1. The second-order valence-corrected chi connectivity index (χ2v) is 9.49. The first-order chi connectivity index (χ1) is 15.5. The van der Waals surface area contributed by atoms with E-state index in [0.717, 1.165) is 51.4 Å². The highest BCUT2D eigenvalue weighted by Crippen LogP contribution is 2.42. The van der Waals surface area contributed by atoms with Crippen LogP contribution >= 0.6 is 11.3 Å². The Hall–Kier alpha value is -3.00. The van der Waals surface area contributed by atoms with Gasteiger partial charge < -0.3 is 14.8 Å². The van der Waals surface area contributed by atoms with Crippen LogP contribution in [-0.4, -0.2) is 34.9 Å². The zero-order valence-corrected chi connectivity index (χ0v) is 19.3. The minimum atomic E-state index is -0.102. The highest BCUT2D eigenvalue weighted by atomic mass is 32.1. The molecule has 0 fully saturated rings. The highest BCUT2D eigenvalue weighted by molar-refractivity contribution is 7.19. The van der Waals surface area contributed by atoms with Gasteiger partial charge in [-0.1, -0.05) is 0 Å². The molecule has 0 saturated carbocycles. The predicted octanol–water partition coefficient (Wildman–Crippen LogP) is 4.82. The molecule has 5 rings (SSSR count). The summed E-state index contributed by atoms with van der Waals surface area (Å²) < 4.78 is 11.4. The van der Waals surface area contributed by atoms with E-state index < -0.39 is 0 Å². The molecular formula is C24H26N4O3S. The standard InChI is InChI=1S/C24H26N4O3S/c1-4-30-24(29)14-5-6-17-20(9-14)32-23-21(17)22(26-12-27-23)28-18-7-15-10-25-11-16(15)8-19(18)31-13(2)3/h7-8,10,12-14H,4-6,9,11H2,1-3H3,(H,26,27,28)/t14-/m0/s1. The number of benzene rings is 1. The summed E-state index contributed by atoms with van der Waals surface area (Å²) in [4.78, 5) is 27.9. The molecule has 0 bridgehead atoms. The number of thiophene rings is 1. The molecular weight excluding hydrogens is 424 g/mol. The third-order valence-electron chi connectivity index (χ3n) is 5.81. The van der Waals surface area contributed by atoms with Crippen LogP contribution in [0.1, 0.15) is 48.8 Å². The molecule has 1 aliphatic carbocycles. The molecule has 166 valence electrons. The Labute approximate surface area is 190 Å². The molecule has 0 amide bonds. The number of nitrogens with zero attached hydrogens (tertiary/aromatic N) is 3.